The Balaban J connectivity index is 2.68. The number of ketones is 1. The van der Waals surface area contributed by atoms with Gasteiger partial charge in [-0.15, -0.1) is 11.8 Å². The molecule has 1 nitrogen and oxygen atoms in total. The number of carbonyl (C=O) groups is 1. The molecule has 0 atom stereocenters. The molecule has 0 bridgehead atoms. The summed E-state index contributed by atoms with van der Waals surface area (Å²) in [7, 11) is 0. The maximum atomic E-state index is 13.1. The summed E-state index contributed by atoms with van der Waals surface area (Å²) in [5, 5.41) is 0. The van der Waals surface area contributed by atoms with Crippen molar-refractivity contribution in [3.05, 3.63) is 28.0 Å². The summed E-state index contributed by atoms with van der Waals surface area (Å²) in [4.78, 5) is 11.7. The zero-order chi connectivity index (χ0) is 8.72. The molecule has 62 valence electrons. The van der Waals surface area contributed by atoms with Gasteiger partial charge in [-0.3, -0.25) is 4.79 Å². The summed E-state index contributed by atoms with van der Waals surface area (Å²) in [6.45, 7) is 0. The Morgan fingerprint density at radius 3 is 3.00 bits per heavy atom. The van der Waals surface area contributed by atoms with E-state index < -0.39 is 0 Å². The molecule has 0 N–H and O–H groups in total. The molecule has 0 unspecified atom stereocenters. The van der Waals surface area contributed by atoms with Crippen LogP contribution < -0.4 is 0 Å². The Hall–Kier alpha value is -0.350. The summed E-state index contributed by atoms with van der Waals surface area (Å²) >= 11 is 4.41. The lowest BCUT2D eigenvalue weighted by molar-refractivity contribution is 0.102. The van der Waals surface area contributed by atoms with Crippen molar-refractivity contribution in [3.8, 4) is 0 Å². The number of halogens is 2. The molecule has 0 saturated carbocycles. The Kier molecular flexibility index (Phi) is 1.96. The zero-order valence-electron chi connectivity index (χ0n) is 5.93. The van der Waals surface area contributed by atoms with E-state index in [0.717, 1.165) is 0 Å². The third-order valence-corrected chi connectivity index (χ3v) is 3.22. The van der Waals surface area contributed by atoms with E-state index in [1.807, 2.05) is 0 Å². The minimum atomic E-state index is -0.310. The molecule has 0 fully saturated rings. The largest absolute Gasteiger partial charge is 0.293 e. The molecule has 0 saturated heterocycles. The standard InChI is InChI=1S/C8H4BrFOS/c9-4-1-5-7(11)3-12-8(5)6(10)2-4/h1-2H,3H2. The van der Waals surface area contributed by atoms with Crippen molar-refractivity contribution in [1.82, 2.24) is 0 Å². The van der Waals surface area contributed by atoms with Crippen LogP contribution in [0.25, 0.3) is 0 Å². The molecule has 0 amide bonds. The normalized spacial score (nSPS) is 15.0. The molecule has 1 aliphatic rings. The Bertz CT molecular complexity index is 364. The van der Waals surface area contributed by atoms with Gasteiger partial charge in [-0.25, -0.2) is 4.39 Å². The van der Waals surface area contributed by atoms with Crippen molar-refractivity contribution < 1.29 is 9.18 Å². The van der Waals surface area contributed by atoms with Gasteiger partial charge in [0.05, 0.1) is 10.6 Å². The first kappa shape index (κ1) is 8.26. The van der Waals surface area contributed by atoms with Gasteiger partial charge in [0, 0.05) is 10.0 Å². The molecule has 1 heterocycles. The summed E-state index contributed by atoms with van der Waals surface area (Å²) < 4.78 is 13.7. The Morgan fingerprint density at radius 2 is 2.25 bits per heavy atom. The molecule has 1 aromatic carbocycles. The monoisotopic (exact) mass is 246 g/mol. The molecule has 4 heteroatoms. The minimum Gasteiger partial charge on any atom is -0.293 e. The highest BCUT2D eigenvalue weighted by molar-refractivity contribution is 9.10. The summed E-state index contributed by atoms with van der Waals surface area (Å²) in [6.07, 6.45) is 0. The van der Waals surface area contributed by atoms with Crippen molar-refractivity contribution in [2.24, 2.45) is 0 Å². The van der Waals surface area contributed by atoms with Crippen LogP contribution in [-0.4, -0.2) is 11.5 Å². The molecule has 0 aromatic heterocycles. The summed E-state index contributed by atoms with van der Waals surface area (Å²) in [6, 6.07) is 3.05. The molecule has 1 aromatic rings. The van der Waals surface area contributed by atoms with Crippen molar-refractivity contribution in [2.45, 2.75) is 4.90 Å². The predicted octanol–water partition coefficient (Wildman–Crippen LogP) is 2.88. The van der Waals surface area contributed by atoms with Gasteiger partial charge in [0.15, 0.2) is 5.78 Å². The van der Waals surface area contributed by atoms with E-state index in [1.165, 1.54) is 17.8 Å². The number of benzene rings is 1. The quantitative estimate of drug-likeness (QED) is 0.701. The van der Waals surface area contributed by atoms with E-state index in [9.17, 15) is 9.18 Å². The van der Waals surface area contributed by atoms with Crippen LogP contribution in [0.3, 0.4) is 0 Å². The molecule has 0 radical (unpaired) electrons. The lowest BCUT2D eigenvalue weighted by atomic mass is 10.1. The van der Waals surface area contributed by atoms with E-state index >= 15 is 0 Å². The third kappa shape index (κ3) is 1.19. The first-order valence-corrected chi connectivity index (χ1v) is 5.11. The van der Waals surface area contributed by atoms with E-state index in [0.29, 0.717) is 20.7 Å². The van der Waals surface area contributed by atoms with E-state index in [-0.39, 0.29) is 11.6 Å². The molecule has 1 aliphatic heterocycles. The molecular weight excluding hydrogens is 243 g/mol. The fourth-order valence-corrected chi connectivity index (χ4v) is 2.52. The van der Waals surface area contributed by atoms with Crippen LogP contribution in [0.1, 0.15) is 10.4 Å². The second kappa shape index (κ2) is 2.85. The van der Waals surface area contributed by atoms with Gasteiger partial charge in [-0.1, -0.05) is 15.9 Å². The van der Waals surface area contributed by atoms with E-state index in [2.05, 4.69) is 15.9 Å². The first-order chi connectivity index (χ1) is 5.68. The van der Waals surface area contributed by atoms with Gasteiger partial charge in [-0.05, 0) is 12.1 Å². The number of carbonyl (C=O) groups excluding carboxylic acids is 1. The maximum Gasteiger partial charge on any atom is 0.174 e. The van der Waals surface area contributed by atoms with Crippen molar-refractivity contribution in [2.75, 3.05) is 5.75 Å². The lowest BCUT2D eigenvalue weighted by Gasteiger charge is -1.98. The number of rotatable bonds is 0. The number of hydrogen-bond acceptors (Lipinski definition) is 2. The first-order valence-electron chi connectivity index (χ1n) is 3.33. The lowest BCUT2D eigenvalue weighted by Crippen LogP contribution is -1.95. The number of thioether (sulfide) groups is 1. The minimum absolute atomic E-state index is 0.00944. The van der Waals surface area contributed by atoms with Gasteiger partial charge in [-0.2, -0.15) is 0 Å². The highest BCUT2D eigenvalue weighted by Gasteiger charge is 2.23. The SMILES string of the molecule is O=C1CSc2c(F)cc(Br)cc21. The number of hydrogen-bond donors (Lipinski definition) is 0. The second-order valence-electron chi connectivity index (χ2n) is 2.48. The Morgan fingerprint density at radius 1 is 1.50 bits per heavy atom. The fourth-order valence-electron chi connectivity index (χ4n) is 1.13. The van der Waals surface area contributed by atoms with Crippen LogP contribution in [0, 0.1) is 5.82 Å². The van der Waals surface area contributed by atoms with Gasteiger partial charge in [0.2, 0.25) is 0 Å². The second-order valence-corrected chi connectivity index (χ2v) is 4.38. The average Bonchev–Trinajstić information content (AvgIpc) is 2.33. The van der Waals surface area contributed by atoms with Crippen molar-refractivity contribution in [3.63, 3.8) is 0 Å². The van der Waals surface area contributed by atoms with Crippen LogP contribution in [0.5, 0.6) is 0 Å². The van der Waals surface area contributed by atoms with Gasteiger partial charge < -0.3 is 0 Å². The van der Waals surface area contributed by atoms with Crippen LogP contribution in [0.2, 0.25) is 0 Å². The molecule has 12 heavy (non-hydrogen) atoms. The van der Waals surface area contributed by atoms with E-state index in [4.69, 9.17) is 0 Å². The fraction of sp³-hybridized carbons (Fsp3) is 0.125. The van der Waals surface area contributed by atoms with Crippen molar-refractivity contribution >= 4 is 33.5 Å². The Labute approximate surface area is 81.5 Å². The van der Waals surface area contributed by atoms with Crippen LogP contribution in [-0.2, 0) is 0 Å². The van der Waals surface area contributed by atoms with E-state index in [1.54, 1.807) is 6.07 Å². The number of Topliss-reactive ketones (excluding diaryl/α,β-unsaturated/α-hetero) is 1. The summed E-state index contributed by atoms with van der Waals surface area (Å²) in [5.74, 6) is 0.0633. The average molecular weight is 247 g/mol. The molecule has 0 aliphatic carbocycles. The van der Waals surface area contributed by atoms with Crippen LogP contribution >= 0.6 is 27.7 Å². The smallest absolute Gasteiger partial charge is 0.174 e. The highest BCUT2D eigenvalue weighted by atomic mass is 79.9. The molecular formula is C8H4BrFOS. The number of fused-ring (bicyclic) bond motifs is 1. The zero-order valence-corrected chi connectivity index (χ0v) is 8.34. The van der Waals surface area contributed by atoms with Crippen molar-refractivity contribution in [1.29, 1.82) is 0 Å². The van der Waals surface area contributed by atoms with Crippen LogP contribution in [0.15, 0.2) is 21.5 Å². The van der Waals surface area contributed by atoms with Gasteiger partial charge in [0.25, 0.3) is 0 Å². The van der Waals surface area contributed by atoms with Gasteiger partial charge in [0.1, 0.15) is 5.82 Å². The molecule has 2 rings (SSSR count). The van der Waals surface area contributed by atoms with Crippen LogP contribution in [0.4, 0.5) is 4.39 Å². The van der Waals surface area contributed by atoms with Gasteiger partial charge >= 0.3 is 0 Å². The molecule has 0 spiro atoms. The topological polar surface area (TPSA) is 17.1 Å². The maximum absolute atomic E-state index is 13.1. The highest BCUT2D eigenvalue weighted by Crippen LogP contribution is 2.35. The summed E-state index contributed by atoms with van der Waals surface area (Å²) in [5.41, 5.74) is 0.506. The predicted molar refractivity (Wildman–Crippen MR) is 49.2 cm³/mol. The third-order valence-electron chi connectivity index (χ3n) is 1.66.